The molecule has 17 heavy (non-hydrogen) atoms. The van der Waals surface area contributed by atoms with Crippen LogP contribution in [0.5, 0.6) is 0 Å². The van der Waals surface area contributed by atoms with Gasteiger partial charge in [-0.15, -0.1) is 0 Å². The highest BCUT2D eigenvalue weighted by atomic mass is 16.5. The van der Waals surface area contributed by atoms with E-state index in [4.69, 9.17) is 4.52 Å². The summed E-state index contributed by atoms with van der Waals surface area (Å²) >= 11 is 0. The standard InChI is InChI=1S/C12H21N3O2/c1-10-7-12(17-13-10)9-15-5-3-14(4-6-15)8-11(2)16/h7,11,16H,3-6,8-9H2,1-2H3/t11-/m0/s1. The molecule has 1 N–H and O–H groups in total. The second kappa shape index (κ2) is 5.62. The number of rotatable bonds is 4. The average molecular weight is 239 g/mol. The Morgan fingerprint density at radius 1 is 1.35 bits per heavy atom. The third kappa shape index (κ3) is 3.80. The second-order valence-electron chi connectivity index (χ2n) is 4.86. The van der Waals surface area contributed by atoms with E-state index in [0.29, 0.717) is 0 Å². The van der Waals surface area contributed by atoms with E-state index in [1.807, 2.05) is 19.9 Å². The van der Waals surface area contributed by atoms with Crippen LogP contribution in [0, 0.1) is 6.92 Å². The average Bonchev–Trinajstić information content (AvgIpc) is 2.66. The minimum atomic E-state index is -0.238. The van der Waals surface area contributed by atoms with Crippen molar-refractivity contribution in [1.82, 2.24) is 15.0 Å². The quantitative estimate of drug-likeness (QED) is 0.828. The summed E-state index contributed by atoms with van der Waals surface area (Å²) in [4.78, 5) is 4.66. The maximum Gasteiger partial charge on any atom is 0.150 e. The molecule has 2 heterocycles. The number of hydrogen-bond donors (Lipinski definition) is 1. The van der Waals surface area contributed by atoms with E-state index < -0.39 is 0 Å². The van der Waals surface area contributed by atoms with Crippen molar-refractivity contribution in [2.75, 3.05) is 32.7 Å². The SMILES string of the molecule is Cc1cc(CN2CCN(C[C@H](C)O)CC2)on1. The zero-order valence-corrected chi connectivity index (χ0v) is 10.6. The molecule has 1 fully saturated rings. The fraction of sp³-hybridized carbons (Fsp3) is 0.750. The van der Waals surface area contributed by atoms with Crippen LogP contribution in [0.1, 0.15) is 18.4 Å². The Bertz CT molecular complexity index is 343. The molecule has 0 amide bonds. The Hall–Kier alpha value is -0.910. The summed E-state index contributed by atoms with van der Waals surface area (Å²) in [6.45, 7) is 9.45. The number of nitrogens with zero attached hydrogens (tertiary/aromatic N) is 3. The van der Waals surface area contributed by atoms with Crippen molar-refractivity contribution in [3.63, 3.8) is 0 Å². The summed E-state index contributed by atoms with van der Waals surface area (Å²) in [6.07, 6.45) is -0.238. The van der Waals surface area contributed by atoms with Gasteiger partial charge in [0.15, 0.2) is 5.76 Å². The molecule has 0 radical (unpaired) electrons. The van der Waals surface area contributed by atoms with Gasteiger partial charge in [-0.1, -0.05) is 5.16 Å². The van der Waals surface area contributed by atoms with Crippen molar-refractivity contribution in [2.24, 2.45) is 0 Å². The van der Waals surface area contributed by atoms with E-state index in [0.717, 1.165) is 50.7 Å². The van der Waals surface area contributed by atoms with Gasteiger partial charge in [0.05, 0.1) is 18.3 Å². The van der Waals surface area contributed by atoms with Gasteiger partial charge in [0.25, 0.3) is 0 Å². The number of aromatic nitrogens is 1. The highest BCUT2D eigenvalue weighted by molar-refractivity contribution is 5.03. The molecule has 2 rings (SSSR count). The van der Waals surface area contributed by atoms with Gasteiger partial charge in [0.2, 0.25) is 0 Å². The van der Waals surface area contributed by atoms with Crippen LogP contribution in [-0.4, -0.2) is 58.9 Å². The molecule has 5 nitrogen and oxygen atoms in total. The number of β-amino-alcohol motifs (C(OH)–C–C–N with tert-alkyl or cyclic N) is 1. The van der Waals surface area contributed by atoms with Crippen molar-refractivity contribution in [3.8, 4) is 0 Å². The highest BCUT2D eigenvalue weighted by Crippen LogP contribution is 2.09. The molecular formula is C12H21N3O2. The Balaban J connectivity index is 1.75. The number of hydrogen-bond acceptors (Lipinski definition) is 5. The van der Waals surface area contributed by atoms with E-state index in [-0.39, 0.29) is 6.10 Å². The van der Waals surface area contributed by atoms with Crippen molar-refractivity contribution in [2.45, 2.75) is 26.5 Å². The maximum atomic E-state index is 9.33. The number of piperazine rings is 1. The minimum absolute atomic E-state index is 0.238. The summed E-state index contributed by atoms with van der Waals surface area (Å²) in [5.74, 6) is 0.937. The third-order valence-corrected chi connectivity index (χ3v) is 3.04. The van der Waals surface area contributed by atoms with Crippen LogP contribution in [0.3, 0.4) is 0 Å². The molecule has 1 atom stereocenters. The van der Waals surface area contributed by atoms with Crippen LogP contribution >= 0.6 is 0 Å². The van der Waals surface area contributed by atoms with Crippen molar-refractivity contribution >= 4 is 0 Å². The van der Waals surface area contributed by atoms with Crippen molar-refractivity contribution < 1.29 is 9.63 Å². The monoisotopic (exact) mass is 239 g/mol. The van der Waals surface area contributed by atoms with E-state index in [1.165, 1.54) is 0 Å². The Morgan fingerprint density at radius 2 is 2.00 bits per heavy atom. The zero-order valence-electron chi connectivity index (χ0n) is 10.6. The van der Waals surface area contributed by atoms with Crippen LogP contribution in [0.25, 0.3) is 0 Å². The Kier molecular flexibility index (Phi) is 4.15. The topological polar surface area (TPSA) is 52.7 Å². The normalized spacial score (nSPS) is 20.6. The fourth-order valence-electron chi connectivity index (χ4n) is 2.21. The van der Waals surface area contributed by atoms with Gasteiger partial charge in [0, 0.05) is 38.8 Å². The van der Waals surface area contributed by atoms with Crippen molar-refractivity contribution in [1.29, 1.82) is 0 Å². The Labute approximate surface area is 102 Å². The fourth-order valence-corrected chi connectivity index (χ4v) is 2.21. The molecule has 1 aromatic rings. The van der Waals surface area contributed by atoms with E-state index in [1.54, 1.807) is 0 Å². The first-order valence-electron chi connectivity index (χ1n) is 6.18. The van der Waals surface area contributed by atoms with Crippen LogP contribution in [0.2, 0.25) is 0 Å². The molecule has 0 saturated carbocycles. The third-order valence-electron chi connectivity index (χ3n) is 3.04. The van der Waals surface area contributed by atoms with Gasteiger partial charge < -0.3 is 9.63 Å². The summed E-state index contributed by atoms with van der Waals surface area (Å²) in [5, 5.41) is 13.2. The molecule has 0 spiro atoms. The van der Waals surface area contributed by atoms with Crippen molar-refractivity contribution in [3.05, 3.63) is 17.5 Å². The molecule has 5 heteroatoms. The number of aliphatic hydroxyl groups excluding tert-OH is 1. The molecule has 1 aromatic heterocycles. The lowest BCUT2D eigenvalue weighted by molar-refractivity contribution is 0.0745. The first-order valence-corrected chi connectivity index (χ1v) is 6.18. The van der Waals surface area contributed by atoms with Gasteiger partial charge in [-0.05, 0) is 13.8 Å². The van der Waals surface area contributed by atoms with Gasteiger partial charge in [-0.3, -0.25) is 9.80 Å². The number of aliphatic hydroxyl groups is 1. The number of aryl methyl sites for hydroxylation is 1. The first-order chi connectivity index (χ1) is 8.13. The Morgan fingerprint density at radius 3 is 2.53 bits per heavy atom. The molecule has 1 saturated heterocycles. The highest BCUT2D eigenvalue weighted by Gasteiger charge is 2.18. The summed E-state index contributed by atoms with van der Waals surface area (Å²) in [6, 6.07) is 1.99. The molecule has 96 valence electrons. The molecule has 0 aliphatic carbocycles. The largest absolute Gasteiger partial charge is 0.392 e. The van der Waals surface area contributed by atoms with Crippen LogP contribution < -0.4 is 0 Å². The lowest BCUT2D eigenvalue weighted by atomic mass is 10.2. The molecule has 1 aliphatic rings. The zero-order chi connectivity index (χ0) is 12.3. The van der Waals surface area contributed by atoms with E-state index >= 15 is 0 Å². The predicted molar refractivity (Wildman–Crippen MR) is 64.6 cm³/mol. The second-order valence-corrected chi connectivity index (χ2v) is 4.86. The summed E-state index contributed by atoms with van der Waals surface area (Å²) in [5.41, 5.74) is 0.938. The molecule has 0 bridgehead atoms. The van der Waals surface area contributed by atoms with E-state index in [2.05, 4.69) is 15.0 Å². The van der Waals surface area contributed by atoms with Gasteiger partial charge >= 0.3 is 0 Å². The predicted octanol–water partition coefficient (Wildman–Crippen LogP) is 0.481. The van der Waals surface area contributed by atoms with E-state index in [9.17, 15) is 5.11 Å². The summed E-state index contributed by atoms with van der Waals surface area (Å²) < 4.78 is 5.21. The lowest BCUT2D eigenvalue weighted by Gasteiger charge is -2.34. The summed E-state index contributed by atoms with van der Waals surface area (Å²) in [7, 11) is 0. The van der Waals surface area contributed by atoms with Crippen LogP contribution in [-0.2, 0) is 6.54 Å². The molecule has 1 aliphatic heterocycles. The van der Waals surface area contributed by atoms with Gasteiger partial charge in [0.1, 0.15) is 0 Å². The molecule has 0 aromatic carbocycles. The smallest absolute Gasteiger partial charge is 0.150 e. The van der Waals surface area contributed by atoms with Crippen LogP contribution in [0.4, 0.5) is 0 Å². The minimum Gasteiger partial charge on any atom is -0.392 e. The molecular weight excluding hydrogens is 218 g/mol. The van der Waals surface area contributed by atoms with Crippen LogP contribution in [0.15, 0.2) is 10.6 Å². The maximum absolute atomic E-state index is 9.33. The lowest BCUT2D eigenvalue weighted by Crippen LogP contribution is -2.47. The van der Waals surface area contributed by atoms with Gasteiger partial charge in [-0.2, -0.15) is 0 Å². The first kappa shape index (κ1) is 12.5. The molecule has 0 unspecified atom stereocenters. The van der Waals surface area contributed by atoms with Gasteiger partial charge in [-0.25, -0.2) is 0 Å².